The van der Waals surface area contributed by atoms with Crippen molar-refractivity contribution in [2.45, 2.75) is 113 Å². The van der Waals surface area contributed by atoms with Crippen molar-refractivity contribution in [2.75, 3.05) is 36.8 Å². The standard InChI is InChI=1S/C22H26F2N6O2.C20H24F2N6O.2CH4/c1-11(2)30-12(3)26-21-15(23)7-14(8-18(21)30)20-16(24)9-25-22(28-20)27-17-5-6-29(13(4)31)10-19(17)32;1-10(2)28-11(3)25-19-13(21)6-12(7-16(19)28)18-14(22)8-24-20(27-18)26-15-4-5-23-9-17(15)29;;/h7-9,11,17,19,32H,5-6,10H2,1-4H3,(H,25,27,28);6-8,10,15,17,23,29H,4-5,9H2,1-3H3,(H,24,26,27);2*1H4/t17-,19-;15-,17-;;/m11../s1. The predicted octanol–water partition coefficient (Wildman–Crippen LogP) is 7.12. The topological polar surface area (TPSA) is 184 Å². The molecule has 4 atom stereocenters. The Kier molecular flexibility index (Phi) is 15.1. The number of nitrogens with zero attached hydrogens (tertiary/aromatic N) is 9. The number of carbonyl (C=O) groups excluding carboxylic acids is 1. The lowest BCUT2D eigenvalue weighted by Crippen LogP contribution is -2.51. The summed E-state index contributed by atoms with van der Waals surface area (Å²) in [6.07, 6.45) is 1.84. The summed E-state index contributed by atoms with van der Waals surface area (Å²) in [6.45, 7) is 14.9. The van der Waals surface area contributed by atoms with E-state index < -0.39 is 41.5 Å². The van der Waals surface area contributed by atoms with Crippen LogP contribution in [-0.4, -0.2) is 111 Å². The smallest absolute Gasteiger partial charge is 0.223 e. The zero-order chi connectivity index (χ0) is 43.9. The molecule has 2 fully saturated rings. The minimum absolute atomic E-state index is 0. The number of hydrogen-bond donors (Lipinski definition) is 5. The van der Waals surface area contributed by atoms with Crippen LogP contribution in [0.1, 0.15) is 86.0 Å². The molecule has 0 saturated carbocycles. The molecule has 2 saturated heterocycles. The number of imidazole rings is 2. The van der Waals surface area contributed by atoms with Crippen molar-refractivity contribution < 1.29 is 32.6 Å². The minimum Gasteiger partial charge on any atom is -0.390 e. The van der Waals surface area contributed by atoms with Gasteiger partial charge in [0.15, 0.2) is 23.3 Å². The first-order valence-electron chi connectivity index (χ1n) is 20.3. The summed E-state index contributed by atoms with van der Waals surface area (Å²) in [4.78, 5) is 38.2. The second-order valence-electron chi connectivity index (χ2n) is 16.1. The summed E-state index contributed by atoms with van der Waals surface area (Å²) in [5.74, 6) is -0.839. The number of fused-ring (bicyclic) bond motifs is 2. The third-order valence-electron chi connectivity index (χ3n) is 11.0. The highest BCUT2D eigenvalue weighted by Crippen LogP contribution is 2.32. The fraction of sp³-hybridized carbons (Fsp3) is 0.477. The van der Waals surface area contributed by atoms with Crippen molar-refractivity contribution in [3.8, 4) is 22.5 Å². The number of aryl methyl sites for hydroxylation is 2. The highest BCUT2D eigenvalue weighted by atomic mass is 19.1. The van der Waals surface area contributed by atoms with Crippen LogP contribution < -0.4 is 16.0 Å². The van der Waals surface area contributed by atoms with Crippen molar-refractivity contribution in [1.82, 2.24) is 49.3 Å². The van der Waals surface area contributed by atoms with Crippen molar-refractivity contribution in [3.05, 3.63) is 71.6 Å². The maximum atomic E-state index is 14.8. The predicted molar refractivity (Wildman–Crippen MR) is 236 cm³/mol. The number of β-amino-alcohol motifs (C(OH)–C–C–N with tert-alkyl or cyclic N) is 2. The molecule has 2 aliphatic heterocycles. The first-order chi connectivity index (χ1) is 29.0. The Morgan fingerprint density at radius 3 is 1.59 bits per heavy atom. The van der Waals surface area contributed by atoms with Gasteiger partial charge in [0.2, 0.25) is 17.8 Å². The van der Waals surface area contributed by atoms with Crippen molar-refractivity contribution in [2.24, 2.45) is 0 Å². The van der Waals surface area contributed by atoms with Crippen LogP contribution in [-0.2, 0) is 4.79 Å². The molecule has 340 valence electrons. The first-order valence-corrected chi connectivity index (χ1v) is 20.3. The molecule has 15 nitrogen and oxygen atoms in total. The molecule has 2 aromatic carbocycles. The highest BCUT2D eigenvalue weighted by Gasteiger charge is 2.30. The largest absolute Gasteiger partial charge is 0.390 e. The SMILES string of the molecule is C.C.CC(=O)N1CC[C@@H](Nc2ncc(F)c(-c3cc(F)c4nc(C)n(C(C)C)c4c3)n2)[C@H](O)C1.Cc1nc2c(F)cc(-c3nc(N[C@@H]4CCNC[C@H]4O)ncc3F)cc2n1C(C)C. The summed E-state index contributed by atoms with van der Waals surface area (Å²) in [7, 11) is 0. The van der Waals surface area contributed by atoms with Gasteiger partial charge in [0.1, 0.15) is 34.1 Å². The fourth-order valence-corrected chi connectivity index (χ4v) is 8.12. The van der Waals surface area contributed by atoms with Gasteiger partial charge in [0.25, 0.3) is 0 Å². The van der Waals surface area contributed by atoms with Crippen molar-refractivity contribution in [3.63, 3.8) is 0 Å². The summed E-state index contributed by atoms with van der Waals surface area (Å²) in [5, 5.41) is 29.7. The van der Waals surface area contributed by atoms with Crippen LogP contribution in [0.15, 0.2) is 36.7 Å². The number of aromatic nitrogens is 8. The molecular formula is C44H58F4N12O3. The van der Waals surface area contributed by atoms with E-state index in [1.165, 1.54) is 19.1 Å². The van der Waals surface area contributed by atoms with Gasteiger partial charge < -0.3 is 40.2 Å². The minimum atomic E-state index is -0.818. The number of benzene rings is 2. The van der Waals surface area contributed by atoms with Crippen molar-refractivity contribution in [1.29, 1.82) is 0 Å². The van der Waals surface area contributed by atoms with Crippen LogP contribution in [0.3, 0.4) is 0 Å². The zero-order valence-electron chi connectivity index (χ0n) is 35.0. The molecule has 6 aromatic rings. The molecule has 0 unspecified atom stereocenters. The zero-order valence-corrected chi connectivity index (χ0v) is 35.0. The molecule has 2 aliphatic rings. The van der Waals surface area contributed by atoms with Crippen LogP contribution in [0.2, 0.25) is 0 Å². The third kappa shape index (κ3) is 10.0. The molecule has 1 amide bonds. The highest BCUT2D eigenvalue weighted by molar-refractivity contribution is 5.84. The molecule has 19 heteroatoms. The number of aliphatic hydroxyl groups is 2. The molecule has 0 spiro atoms. The number of anilines is 2. The van der Waals surface area contributed by atoms with E-state index in [0.717, 1.165) is 18.9 Å². The lowest BCUT2D eigenvalue weighted by atomic mass is 10.0. The first kappa shape index (κ1) is 48.2. The Labute approximate surface area is 364 Å². The van der Waals surface area contributed by atoms with Gasteiger partial charge in [-0.3, -0.25) is 4.79 Å². The molecule has 0 bridgehead atoms. The molecule has 5 N–H and O–H groups in total. The number of hydrogen-bond acceptors (Lipinski definition) is 12. The van der Waals surface area contributed by atoms with Crippen LogP contribution in [0.4, 0.5) is 29.5 Å². The normalized spacial score (nSPS) is 18.8. The van der Waals surface area contributed by atoms with E-state index in [1.54, 1.807) is 24.0 Å². The average molecular weight is 879 g/mol. The van der Waals surface area contributed by atoms with E-state index in [-0.39, 0.29) is 85.3 Å². The number of nitrogens with one attached hydrogen (secondary N) is 3. The Hall–Kier alpha value is -5.79. The molecule has 0 aliphatic carbocycles. The molecule has 63 heavy (non-hydrogen) atoms. The van der Waals surface area contributed by atoms with Crippen LogP contribution in [0.25, 0.3) is 44.6 Å². The Morgan fingerprint density at radius 2 is 1.17 bits per heavy atom. The summed E-state index contributed by atoms with van der Waals surface area (Å²) < 4.78 is 62.6. The van der Waals surface area contributed by atoms with Crippen molar-refractivity contribution >= 4 is 39.9 Å². The fourth-order valence-electron chi connectivity index (χ4n) is 8.12. The number of rotatable bonds is 8. The Balaban J connectivity index is 0.000000231. The lowest BCUT2D eigenvalue weighted by Gasteiger charge is -2.35. The average Bonchev–Trinajstić information content (AvgIpc) is 3.74. The van der Waals surface area contributed by atoms with Gasteiger partial charge in [0.05, 0.1) is 47.7 Å². The Bertz CT molecular complexity index is 2580. The summed E-state index contributed by atoms with van der Waals surface area (Å²) in [5.41, 5.74) is 2.17. The third-order valence-corrected chi connectivity index (χ3v) is 11.0. The summed E-state index contributed by atoms with van der Waals surface area (Å²) in [6, 6.07) is 5.32. The van der Waals surface area contributed by atoms with E-state index >= 15 is 0 Å². The van der Waals surface area contributed by atoms with Gasteiger partial charge >= 0.3 is 0 Å². The molecular weight excluding hydrogens is 821 g/mol. The number of aliphatic hydroxyl groups excluding tert-OH is 2. The van der Waals surface area contributed by atoms with E-state index in [2.05, 4.69) is 45.9 Å². The van der Waals surface area contributed by atoms with E-state index in [4.69, 9.17) is 0 Å². The maximum absolute atomic E-state index is 14.8. The number of carbonyl (C=O) groups is 1. The van der Waals surface area contributed by atoms with E-state index in [1.807, 2.05) is 43.8 Å². The Morgan fingerprint density at radius 1 is 0.714 bits per heavy atom. The number of halogens is 4. The molecule has 0 radical (unpaired) electrons. The maximum Gasteiger partial charge on any atom is 0.223 e. The second kappa shape index (κ2) is 19.7. The van der Waals surface area contributed by atoms with E-state index in [9.17, 15) is 32.6 Å². The van der Waals surface area contributed by atoms with Gasteiger partial charge in [-0.05, 0) is 85.2 Å². The van der Waals surface area contributed by atoms with Gasteiger partial charge in [0, 0.05) is 49.8 Å². The van der Waals surface area contributed by atoms with Crippen LogP contribution in [0.5, 0.6) is 0 Å². The van der Waals surface area contributed by atoms with Gasteiger partial charge in [-0.2, -0.15) is 0 Å². The van der Waals surface area contributed by atoms with Crippen LogP contribution in [0, 0.1) is 37.1 Å². The van der Waals surface area contributed by atoms with Gasteiger partial charge in [-0.1, -0.05) is 14.9 Å². The monoisotopic (exact) mass is 878 g/mol. The summed E-state index contributed by atoms with van der Waals surface area (Å²) >= 11 is 0. The number of amides is 1. The van der Waals surface area contributed by atoms with Crippen LogP contribution >= 0.6 is 0 Å². The second-order valence-corrected chi connectivity index (χ2v) is 16.1. The number of likely N-dealkylation sites (tertiary alicyclic amines) is 1. The van der Waals surface area contributed by atoms with E-state index in [0.29, 0.717) is 54.2 Å². The molecule has 6 heterocycles. The number of piperidine rings is 2. The van der Waals surface area contributed by atoms with Gasteiger partial charge in [-0.25, -0.2) is 47.5 Å². The molecule has 4 aromatic heterocycles. The quantitative estimate of drug-likeness (QED) is 0.0978. The molecule has 8 rings (SSSR count). The lowest BCUT2D eigenvalue weighted by molar-refractivity contribution is -0.132. The van der Waals surface area contributed by atoms with Gasteiger partial charge in [-0.15, -0.1) is 0 Å².